The van der Waals surface area contributed by atoms with E-state index in [0.29, 0.717) is 18.3 Å². The number of likely N-dealkylation sites (tertiary alicyclic amines) is 1. The highest BCUT2D eigenvalue weighted by Gasteiger charge is 2.19. The van der Waals surface area contributed by atoms with Gasteiger partial charge in [0.1, 0.15) is 0 Å². The van der Waals surface area contributed by atoms with E-state index in [1.165, 1.54) is 31.5 Å². The highest BCUT2D eigenvalue weighted by atomic mass is 16.4. The van der Waals surface area contributed by atoms with E-state index in [1.54, 1.807) is 0 Å². The molecule has 0 bridgehead atoms. The second kappa shape index (κ2) is 6.83. The maximum absolute atomic E-state index is 5.44. The minimum atomic E-state index is 0.288. The van der Waals surface area contributed by atoms with Gasteiger partial charge in [0.15, 0.2) is 0 Å². The Hall–Kier alpha value is -1.72. The molecule has 1 aromatic carbocycles. The average molecular weight is 286 g/mol. The molecule has 5 nitrogen and oxygen atoms in total. The Labute approximate surface area is 125 Å². The molecule has 1 saturated heterocycles. The largest absolute Gasteiger partial charge is 0.424 e. The lowest BCUT2D eigenvalue weighted by atomic mass is 10.1. The third-order valence-electron chi connectivity index (χ3n) is 3.91. The van der Waals surface area contributed by atoms with Crippen LogP contribution in [0.25, 0.3) is 0 Å². The number of hydrogen-bond acceptors (Lipinski definition) is 5. The van der Waals surface area contributed by atoms with Gasteiger partial charge in [-0.1, -0.05) is 30.3 Å². The van der Waals surface area contributed by atoms with Crippen molar-refractivity contribution in [2.24, 2.45) is 0 Å². The van der Waals surface area contributed by atoms with Gasteiger partial charge in [0.2, 0.25) is 11.8 Å². The van der Waals surface area contributed by atoms with Crippen molar-refractivity contribution in [3.8, 4) is 0 Å². The molecule has 1 unspecified atom stereocenters. The Balaban J connectivity index is 1.66. The summed E-state index contributed by atoms with van der Waals surface area (Å²) in [7, 11) is 0. The van der Waals surface area contributed by atoms with E-state index in [0.717, 1.165) is 6.54 Å². The van der Waals surface area contributed by atoms with E-state index < -0.39 is 0 Å². The first-order chi connectivity index (χ1) is 10.3. The number of aryl methyl sites for hydroxylation is 1. The number of benzene rings is 1. The molecule has 5 heteroatoms. The zero-order valence-electron chi connectivity index (χ0n) is 12.5. The maximum atomic E-state index is 5.44. The summed E-state index contributed by atoms with van der Waals surface area (Å²) in [6, 6.07) is 10.9. The van der Waals surface area contributed by atoms with E-state index in [4.69, 9.17) is 4.42 Å². The zero-order valence-corrected chi connectivity index (χ0v) is 12.5. The predicted molar refractivity (Wildman–Crippen MR) is 80.7 cm³/mol. The maximum Gasteiger partial charge on any atom is 0.230 e. The molecule has 0 radical (unpaired) electrons. The van der Waals surface area contributed by atoms with Crippen LogP contribution in [0.3, 0.4) is 0 Å². The van der Waals surface area contributed by atoms with Crippen molar-refractivity contribution >= 4 is 0 Å². The van der Waals surface area contributed by atoms with Crippen molar-refractivity contribution in [1.82, 2.24) is 20.4 Å². The van der Waals surface area contributed by atoms with Gasteiger partial charge in [-0.25, -0.2) is 0 Å². The van der Waals surface area contributed by atoms with E-state index in [2.05, 4.69) is 50.7 Å². The fraction of sp³-hybridized carbons (Fsp3) is 0.500. The van der Waals surface area contributed by atoms with Crippen molar-refractivity contribution in [3.05, 3.63) is 47.7 Å². The highest BCUT2D eigenvalue weighted by Crippen LogP contribution is 2.18. The van der Waals surface area contributed by atoms with Crippen LogP contribution in [0.1, 0.15) is 36.2 Å². The first kappa shape index (κ1) is 14.2. The van der Waals surface area contributed by atoms with Gasteiger partial charge in [0, 0.05) is 19.5 Å². The number of nitrogens with one attached hydrogen (secondary N) is 1. The SMILES string of the molecule is Cc1nnc(CNC(CN2CCCC2)c2ccccc2)o1. The lowest BCUT2D eigenvalue weighted by Crippen LogP contribution is -2.33. The molecule has 2 heterocycles. The third kappa shape index (κ3) is 3.89. The summed E-state index contributed by atoms with van der Waals surface area (Å²) in [5.74, 6) is 1.26. The number of nitrogens with zero attached hydrogens (tertiary/aromatic N) is 3. The Bertz CT molecular complexity index is 548. The van der Waals surface area contributed by atoms with Gasteiger partial charge in [-0.2, -0.15) is 0 Å². The molecule has 1 aliphatic heterocycles. The van der Waals surface area contributed by atoms with Crippen molar-refractivity contribution in [1.29, 1.82) is 0 Å². The Kier molecular flexibility index (Phi) is 4.62. The van der Waals surface area contributed by atoms with Crippen LogP contribution in [-0.2, 0) is 6.54 Å². The van der Waals surface area contributed by atoms with Crippen LogP contribution < -0.4 is 5.32 Å². The molecule has 1 N–H and O–H groups in total. The van der Waals surface area contributed by atoms with Crippen molar-refractivity contribution in [2.75, 3.05) is 19.6 Å². The topological polar surface area (TPSA) is 54.2 Å². The van der Waals surface area contributed by atoms with Crippen LogP contribution in [0, 0.1) is 6.92 Å². The summed E-state index contributed by atoms with van der Waals surface area (Å²) in [5, 5.41) is 11.5. The molecule has 0 aliphatic carbocycles. The van der Waals surface area contributed by atoms with Crippen molar-refractivity contribution < 1.29 is 4.42 Å². The average Bonchev–Trinajstić information content (AvgIpc) is 3.16. The predicted octanol–water partition coefficient (Wildman–Crippen LogP) is 2.30. The summed E-state index contributed by atoms with van der Waals surface area (Å²) in [6.45, 7) is 5.84. The Morgan fingerprint density at radius 2 is 1.95 bits per heavy atom. The van der Waals surface area contributed by atoms with Gasteiger partial charge < -0.3 is 14.6 Å². The summed E-state index contributed by atoms with van der Waals surface area (Å²) in [6.07, 6.45) is 2.62. The molecule has 21 heavy (non-hydrogen) atoms. The van der Waals surface area contributed by atoms with Gasteiger partial charge in [-0.15, -0.1) is 10.2 Å². The first-order valence-electron chi connectivity index (χ1n) is 7.61. The number of hydrogen-bond donors (Lipinski definition) is 1. The van der Waals surface area contributed by atoms with E-state index >= 15 is 0 Å². The van der Waals surface area contributed by atoms with E-state index in [-0.39, 0.29) is 6.04 Å². The van der Waals surface area contributed by atoms with E-state index in [9.17, 15) is 0 Å². The molecule has 2 aromatic rings. The standard InChI is InChI=1S/C16H22N4O/c1-13-18-19-16(21-13)11-17-15(12-20-9-5-6-10-20)14-7-3-2-4-8-14/h2-4,7-8,15,17H,5-6,9-12H2,1H3. The molecule has 0 spiro atoms. The molecule has 1 aromatic heterocycles. The fourth-order valence-electron chi connectivity index (χ4n) is 2.82. The summed E-state index contributed by atoms with van der Waals surface area (Å²) < 4.78 is 5.44. The first-order valence-corrected chi connectivity index (χ1v) is 7.61. The van der Waals surface area contributed by atoms with Crippen molar-refractivity contribution in [2.45, 2.75) is 32.4 Å². The Morgan fingerprint density at radius 1 is 1.19 bits per heavy atom. The second-order valence-corrected chi connectivity index (χ2v) is 5.57. The summed E-state index contributed by atoms with van der Waals surface area (Å²) in [5.41, 5.74) is 1.31. The molecule has 0 amide bonds. The lowest BCUT2D eigenvalue weighted by Gasteiger charge is -2.24. The van der Waals surface area contributed by atoms with E-state index in [1.807, 2.05) is 6.92 Å². The summed E-state index contributed by atoms with van der Waals surface area (Å²) in [4.78, 5) is 2.52. The fourth-order valence-corrected chi connectivity index (χ4v) is 2.82. The van der Waals surface area contributed by atoms with Crippen molar-refractivity contribution in [3.63, 3.8) is 0 Å². The third-order valence-corrected chi connectivity index (χ3v) is 3.91. The molecular weight excluding hydrogens is 264 g/mol. The molecule has 1 atom stereocenters. The minimum absolute atomic E-state index is 0.288. The normalized spacial score (nSPS) is 17.2. The quantitative estimate of drug-likeness (QED) is 0.883. The number of aromatic nitrogens is 2. The Morgan fingerprint density at radius 3 is 2.62 bits per heavy atom. The molecule has 0 saturated carbocycles. The van der Waals surface area contributed by atoms with Crippen LogP contribution in [-0.4, -0.2) is 34.7 Å². The van der Waals surface area contributed by atoms with Crippen LogP contribution in [0.5, 0.6) is 0 Å². The molecule has 112 valence electrons. The van der Waals surface area contributed by atoms with Crippen LogP contribution >= 0.6 is 0 Å². The monoisotopic (exact) mass is 286 g/mol. The molecule has 3 rings (SSSR count). The second-order valence-electron chi connectivity index (χ2n) is 5.57. The van der Waals surface area contributed by atoms with Crippen LogP contribution in [0.4, 0.5) is 0 Å². The highest BCUT2D eigenvalue weighted by molar-refractivity contribution is 5.19. The summed E-state index contributed by atoms with van der Waals surface area (Å²) >= 11 is 0. The minimum Gasteiger partial charge on any atom is -0.424 e. The molecule has 1 fully saturated rings. The van der Waals surface area contributed by atoms with Gasteiger partial charge in [0.25, 0.3) is 0 Å². The van der Waals surface area contributed by atoms with Gasteiger partial charge in [-0.05, 0) is 31.5 Å². The van der Waals surface area contributed by atoms with Gasteiger partial charge >= 0.3 is 0 Å². The smallest absolute Gasteiger partial charge is 0.230 e. The number of rotatable bonds is 6. The van der Waals surface area contributed by atoms with Crippen LogP contribution in [0.15, 0.2) is 34.7 Å². The van der Waals surface area contributed by atoms with Gasteiger partial charge in [0.05, 0.1) is 6.54 Å². The molecular formula is C16H22N4O. The zero-order chi connectivity index (χ0) is 14.5. The molecule has 1 aliphatic rings. The van der Waals surface area contributed by atoms with Crippen LogP contribution in [0.2, 0.25) is 0 Å². The lowest BCUT2D eigenvalue weighted by molar-refractivity contribution is 0.286. The van der Waals surface area contributed by atoms with Gasteiger partial charge in [-0.3, -0.25) is 0 Å².